The molecule has 0 aromatic rings. The Morgan fingerprint density at radius 3 is 2.29 bits per heavy atom. The molecule has 0 aliphatic carbocycles. The predicted molar refractivity (Wildman–Crippen MR) is 63.0 cm³/mol. The van der Waals surface area contributed by atoms with Crippen molar-refractivity contribution in [2.45, 2.75) is 24.9 Å². The smallest absolute Gasteiger partial charge is 0.152 e. The van der Waals surface area contributed by atoms with Crippen LogP contribution < -0.4 is 0 Å². The first-order valence-corrected chi connectivity index (χ1v) is 7.67. The van der Waals surface area contributed by atoms with Crippen molar-refractivity contribution in [3.63, 3.8) is 0 Å². The van der Waals surface area contributed by atoms with E-state index < -0.39 is 20.9 Å². The van der Waals surface area contributed by atoms with Gasteiger partial charge in [-0.3, -0.25) is 0 Å². The molecule has 1 atom stereocenters. The normalized spacial score (nSPS) is 36.5. The van der Waals surface area contributed by atoms with Gasteiger partial charge in [0.05, 0.1) is 23.2 Å². The zero-order valence-corrected chi connectivity index (χ0v) is 10.8. The minimum atomic E-state index is -3.16. The van der Waals surface area contributed by atoms with E-state index in [2.05, 4.69) is 11.0 Å². The third kappa shape index (κ3) is 2.07. The quantitative estimate of drug-likeness (QED) is 0.702. The Balaban J connectivity index is 2.28. The summed E-state index contributed by atoms with van der Waals surface area (Å²) >= 11 is 0. The van der Waals surface area contributed by atoms with Crippen LogP contribution in [-0.4, -0.2) is 55.7 Å². The van der Waals surface area contributed by atoms with Crippen molar-refractivity contribution in [2.24, 2.45) is 5.41 Å². The summed E-state index contributed by atoms with van der Waals surface area (Å²) in [5, 5.41) is 20.0. The average molecular weight is 258 g/mol. The van der Waals surface area contributed by atoms with Crippen LogP contribution in [0.5, 0.6) is 0 Å². The molecule has 1 N–H and O–H groups in total. The van der Waals surface area contributed by atoms with E-state index in [1.807, 2.05) is 7.05 Å². The number of sulfone groups is 1. The third-order valence-electron chi connectivity index (χ3n) is 4.23. The SMILES string of the molecule is CN1CCC(O)(C2(C#N)CCS(=O)(=O)C2)CC1. The van der Waals surface area contributed by atoms with E-state index in [1.54, 1.807) is 0 Å². The van der Waals surface area contributed by atoms with E-state index in [4.69, 9.17) is 0 Å². The molecule has 1 unspecified atom stereocenters. The second kappa shape index (κ2) is 3.94. The van der Waals surface area contributed by atoms with Gasteiger partial charge >= 0.3 is 0 Å². The minimum Gasteiger partial charge on any atom is -0.388 e. The Labute approximate surface area is 102 Å². The Morgan fingerprint density at radius 2 is 1.88 bits per heavy atom. The first-order valence-electron chi connectivity index (χ1n) is 5.85. The molecule has 0 amide bonds. The van der Waals surface area contributed by atoms with Gasteiger partial charge in [0, 0.05) is 13.1 Å². The lowest BCUT2D eigenvalue weighted by molar-refractivity contribution is -0.0840. The van der Waals surface area contributed by atoms with Gasteiger partial charge in [-0.05, 0) is 26.3 Å². The summed E-state index contributed by atoms with van der Waals surface area (Å²) in [6.45, 7) is 1.42. The van der Waals surface area contributed by atoms with Crippen LogP contribution in [0.3, 0.4) is 0 Å². The summed E-state index contributed by atoms with van der Waals surface area (Å²) in [5.74, 6) is -0.157. The van der Waals surface area contributed by atoms with Crippen LogP contribution in [0.15, 0.2) is 0 Å². The molecule has 0 spiro atoms. The summed E-state index contributed by atoms with van der Waals surface area (Å²) < 4.78 is 23.2. The van der Waals surface area contributed by atoms with Gasteiger partial charge in [-0.15, -0.1) is 0 Å². The summed E-state index contributed by atoms with van der Waals surface area (Å²) in [5.41, 5.74) is -2.23. The number of hydrogen-bond acceptors (Lipinski definition) is 5. The molecule has 2 fully saturated rings. The fourth-order valence-electron chi connectivity index (χ4n) is 2.88. The zero-order valence-electron chi connectivity index (χ0n) is 10.0. The minimum absolute atomic E-state index is 0.0265. The molecule has 2 saturated heterocycles. The number of nitriles is 1. The van der Waals surface area contributed by atoms with Gasteiger partial charge in [-0.2, -0.15) is 5.26 Å². The highest BCUT2D eigenvalue weighted by molar-refractivity contribution is 7.91. The Bertz CT molecular complexity index is 446. The molecule has 5 nitrogen and oxygen atoms in total. The van der Waals surface area contributed by atoms with Gasteiger partial charge in [0.25, 0.3) is 0 Å². The third-order valence-corrected chi connectivity index (χ3v) is 5.98. The summed E-state index contributed by atoms with van der Waals surface area (Å²) in [6, 6.07) is 2.11. The van der Waals surface area contributed by atoms with Crippen LogP contribution in [-0.2, 0) is 9.84 Å². The number of piperidine rings is 1. The first-order chi connectivity index (χ1) is 7.83. The van der Waals surface area contributed by atoms with Crippen molar-refractivity contribution in [1.29, 1.82) is 5.26 Å². The standard InChI is InChI=1S/C11H18N2O3S/c1-13-5-2-11(14,3-6-13)10(8-12)4-7-17(15,16)9-10/h14H,2-7,9H2,1H3. The van der Waals surface area contributed by atoms with Crippen molar-refractivity contribution >= 4 is 9.84 Å². The van der Waals surface area contributed by atoms with Crippen LogP contribution in [0.25, 0.3) is 0 Å². The maximum Gasteiger partial charge on any atom is 0.152 e. The van der Waals surface area contributed by atoms with Crippen molar-refractivity contribution in [3.8, 4) is 6.07 Å². The largest absolute Gasteiger partial charge is 0.388 e. The molecular formula is C11H18N2O3S. The summed E-state index contributed by atoms with van der Waals surface area (Å²) in [4.78, 5) is 2.09. The lowest BCUT2D eigenvalue weighted by Gasteiger charge is -2.44. The zero-order chi connectivity index (χ0) is 12.7. The van der Waals surface area contributed by atoms with Crippen LogP contribution in [0.2, 0.25) is 0 Å². The molecule has 6 heteroatoms. The Kier molecular flexibility index (Phi) is 2.97. The Morgan fingerprint density at radius 1 is 1.29 bits per heavy atom. The second-order valence-electron chi connectivity index (χ2n) is 5.37. The lowest BCUT2D eigenvalue weighted by Crippen LogP contribution is -2.54. The topological polar surface area (TPSA) is 81.4 Å². The molecule has 0 aromatic heterocycles. The number of nitrogens with zero attached hydrogens (tertiary/aromatic N) is 2. The molecule has 0 saturated carbocycles. The van der Waals surface area contributed by atoms with Crippen molar-refractivity contribution in [3.05, 3.63) is 0 Å². The average Bonchev–Trinajstić information content (AvgIpc) is 2.61. The molecule has 0 radical (unpaired) electrons. The fraction of sp³-hybridized carbons (Fsp3) is 0.909. The second-order valence-corrected chi connectivity index (χ2v) is 7.55. The number of likely N-dealkylation sites (tertiary alicyclic amines) is 1. The van der Waals surface area contributed by atoms with E-state index in [0.29, 0.717) is 25.9 Å². The molecule has 2 aliphatic rings. The molecule has 2 rings (SSSR count). The van der Waals surface area contributed by atoms with Gasteiger partial charge in [-0.1, -0.05) is 0 Å². The maximum absolute atomic E-state index is 11.6. The van der Waals surface area contributed by atoms with E-state index in [9.17, 15) is 18.8 Å². The summed E-state index contributed by atoms with van der Waals surface area (Å²) in [6.07, 6.45) is 1.23. The molecule has 2 aliphatic heterocycles. The fourth-order valence-corrected chi connectivity index (χ4v) is 4.91. The van der Waals surface area contributed by atoms with Crippen molar-refractivity contribution in [1.82, 2.24) is 4.90 Å². The molecule has 96 valence electrons. The van der Waals surface area contributed by atoms with E-state index in [-0.39, 0.29) is 17.9 Å². The van der Waals surface area contributed by atoms with E-state index >= 15 is 0 Å². The summed E-state index contributed by atoms with van der Waals surface area (Å²) in [7, 11) is -1.20. The van der Waals surface area contributed by atoms with Gasteiger partial charge in [-0.25, -0.2) is 8.42 Å². The van der Waals surface area contributed by atoms with Crippen LogP contribution in [0, 0.1) is 16.7 Å². The first kappa shape index (κ1) is 12.8. The van der Waals surface area contributed by atoms with Gasteiger partial charge in [0.2, 0.25) is 0 Å². The molecule has 0 aromatic carbocycles. The van der Waals surface area contributed by atoms with Crippen LogP contribution in [0.4, 0.5) is 0 Å². The molecular weight excluding hydrogens is 240 g/mol. The number of rotatable bonds is 1. The molecule has 0 bridgehead atoms. The van der Waals surface area contributed by atoms with Gasteiger partial charge in [0.15, 0.2) is 9.84 Å². The lowest BCUT2D eigenvalue weighted by atomic mass is 9.67. The maximum atomic E-state index is 11.6. The van der Waals surface area contributed by atoms with Gasteiger partial charge < -0.3 is 10.0 Å². The number of aliphatic hydroxyl groups is 1. The Hall–Kier alpha value is -0.640. The van der Waals surface area contributed by atoms with Crippen LogP contribution in [0.1, 0.15) is 19.3 Å². The predicted octanol–water partition coefficient (Wildman–Crippen LogP) is -0.228. The van der Waals surface area contributed by atoms with Crippen molar-refractivity contribution in [2.75, 3.05) is 31.6 Å². The van der Waals surface area contributed by atoms with Gasteiger partial charge in [0.1, 0.15) is 5.41 Å². The highest BCUT2D eigenvalue weighted by Crippen LogP contribution is 2.46. The molecule has 17 heavy (non-hydrogen) atoms. The van der Waals surface area contributed by atoms with E-state index in [1.165, 1.54) is 0 Å². The highest BCUT2D eigenvalue weighted by atomic mass is 32.2. The highest BCUT2D eigenvalue weighted by Gasteiger charge is 2.57. The number of hydrogen-bond donors (Lipinski definition) is 1. The van der Waals surface area contributed by atoms with Crippen molar-refractivity contribution < 1.29 is 13.5 Å². The molecule has 2 heterocycles. The monoisotopic (exact) mass is 258 g/mol. The van der Waals surface area contributed by atoms with Crippen LogP contribution >= 0.6 is 0 Å². The van der Waals surface area contributed by atoms with E-state index in [0.717, 1.165) is 0 Å².